The van der Waals surface area contributed by atoms with Gasteiger partial charge in [0.2, 0.25) is 0 Å². The summed E-state index contributed by atoms with van der Waals surface area (Å²) < 4.78 is 0. The Morgan fingerprint density at radius 2 is 1.12 bits per heavy atom. The van der Waals surface area contributed by atoms with Crippen molar-refractivity contribution >= 4 is 11.8 Å². The third kappa shape index (κ3) is 4.77. The van der Waals surface area contributed by atoms with E-state index in [0.717, 1.165) is 16.8 Å². The molecule has 0 aliphatic rings. The molecule has 1 heteroatoms. The lowest BCUT2D eigenvalue weighted by Crippen LogP contribution is -2.17. The van der Waals surface area contributed by atoms with Crippen LogP contribution in [0.15, 0.2) is 102 Å². The largest absolute Gasteiger partial charge is 0.274 e. The van der Waals surface area contributed by atoms with Gasteiger partial charge in [-0.1, -0.05) is 103 Å². The summed E-state index contributed by atoms with van der Waals surface area (Å²) in [4.78, 5) is 5.09. The van der Waals surface area contributed by atoms with Gasteiger partial charge >= 0.3 is 0 Å². The minimum atomic E-state index is -0.309. The van der Waals surface area contributed by atoms with Crippen molar-refractivity contribution in [3.63, 3.8) is 0 Å². The van der Waals surface area contributed by atoms with E-state index in [4.69, 9.17) is 4.99 Å². The Morgan fingerprint density at radius 1 is 0.680 bits per heavy atom. The molecule has 1 nitrogen and oxygen atoms in total. The van der Waals surface area contributed by atoms with Crippen LogP contribution in [0.1, 0.15) is 30.5 Å². The van der Waals surface area contributed by atoms with Crippen LogP contribution < -0.4 is 0 Å². The first-order valence-electron chi connectivity index (χ1n) is 8.59. The molecule has 0 fully saturated rings. The number of rotatable bonds is 5. The summed E-state index contributed by atoms with van der Waals surface area (Å²) in [5.41, 5.74) is 4.16. The van der Waals surface area contributed by atoms with Gasteiger partial charge in [-0.15, -0.1) is 0 Å². The van der Waals surface area contributed by atoms with Gasteiger partial charge < -0.3 is 0 Å². The highest BCUT2D eigenvalue weighted by molar-refractivity contribution is 6.13. The molecular formula is C24H23N. The summed E-state index contributed by atoms with van der Waals surface area (Å²) in [6.45, 7) is 4.27. The number of benzene rings is 3. The molecule has 3 aromatic rings. The van der Waals surface area contributed by atoms with Crippen LogP contribution in [-0.4, -0.2) is 11.3 Å². The summed E-state index contributed by atoms with van der Waals surface area (Å²) in [5, 5.41) is 0. The van der Waals surface area contributed by atoms with Crippen LogP contribution in [0.25, 0.3) is 6.08 Å². The molecular weight excluding hydrogens is 302 g/mol. The van der Waals surface area contributed by atoms with Gasteiger partial charge in [-0.2, -0.15) is 0 Å². The van der Waals surface area contributed by atoms with E-state index in [-0.39, 0.29) is 5.54 Å². The molecule has 0 amide bonds. The summed E-state index contributed by atoms with van der Waals surface area (Å²) in [5.74, 6) is 0. The van der Waals surface area contributed by atoms with Gasteiger partial charge in [-0.05, 0) is 19.4 Å². The normalized spacial score (nSPS) is 11.4. The van der Waals surface area contributed by atoms with E-state index in [2.05, 4.69) is 98.8 Å². The van der Waals surface area contributed by atoms with E-state index in [1.54, 1.807) is 0 Å². The van der Waals surface area contributed by atoms with Crippen molar-refractivity contribution in [2.45, 2.75) is 19.4 Å². The molecule has 0 atom stereocenters. The molecule has 0 aliphatic heterocycles. The maximum atomic E-state index is 5.09. The molecule has 0 heterocycles. The summed E-state index contributed by atoms with van der Waals surface area (Å²) in [7, 11) is 0. The molecule has 0 saturated heterocycles. The van der Waals surface area contributed by atoms with Crippen LogP contribution in [0, 0.1) is 0 Å². The molecule has 0 spiro atoms. The average molecular weight is 325 g/mol. The predicted octanol–water partition coefficient (Wildman–Crippen LogP) is 6.02. The Kier molecular flexibility index (Phi) is 5.25. The smallest absolute Gasteiger partial charge is 0.0742 e. The lowest BCUT2D eigenvalue weighted by molar-refractivity contribution is 0.661. The van der Waals surface area contributed by atoms with E-state index in [1.165, 1.54) is 5.56 Å². The first-order valence-corrected chi connectivity index (χ1v) is 8.59. The van der Waals surface area contributed by atoms with Crippen molar-refractivity contribution in [3.05, 3.63) is 114 Å². The quantitative estimate of drug-likeness (QED) is 0.509. The second kappa shape index (κ2) is 7.76. The van der Waals surface area contributed by atoms with Gasteiger partial charge in [-0.3, -0.25) is 4.99 Å². The molecule has 0 unspecified atom stereocenters. The SMILES string of the molecule is CC(C)(/C=C/c1ccccc1)N=C(c1ccccc1)c1ccccc1. The zero-order chi connectivity index (χ0) is 17.5. The van der Waals surface area contributed by atoms with Gasteiger partial charge in [0.15, 0.2) is 0 Å². The van der Waals surface area contributed by atoms with Gasteiger partial charge in [0.05, 0.1) is 11.3 Å². The van der Waals surface area contributed by atoms with E-state index < -0.39 is 0 Å². The van der Waals surface area contributed by atoms with Crippen LogP contribution in [0.2, 0.25) is 0 Å². The fourth-order valence-electron chi connectivity index (χ4n) is 2.68. The third-order valence-corrected chi connectivity index (χ3v) is 3.98. The summed E-state index contributed by atoms with van der Waals surface area (Å²) in [6.07, 6.45) is 4.30. The maximum absolute atomic E-state index is 5.09. The highest BCUT2D eigenvalue weighted by atomic mass is 14.8. The van der Waals surface area contributed by atoms with Gasteiger partial charge in [0, 0.05) is 11.1 Å². The highest BCUT2D eigenvalue weighted by Gasteiger charge is 2.15. The van der Waals surface area contributed by atoms with Gasteiger partial charge in [0.25, 0.3) is 0 Å². The van der Waals surface area contributed by atoms with Crippen molar-refractivity contribution < 1.29 is 0 Å². The Balaban J connectivity index is 1.98. The Hall–Kier alpha value is -2.93. The molecule has 0 aliphatic carbocycles. The van der Waals surface area contributed by atoms with Crippen LogP contribution in [-0.2, 0) is 0 Å². The highest BCUT2D eigenvalue weighted by Crippen LogP contribution is 2.19. The Morgan fingerprint density at radius 3 is 1.60 bits per heavy atom. The van der Waals surface area contributed by atoms with Crippen molar-refractivity contribution in [2.75, 3.05) is 0 Å². The van der Waals surface area contributed by atoms with Gasteiger partial charge in [0.1, 0.15) is 0 Å². The van der Waals surface area contributed by atoms with Crippen molar-refractivity contribution in [1.82, 2.24) is 0 Å². The second-order valence-electron chi connectivity index (χ2n) is 6.59. The molecule has 0 radical (unpaired) electrons. The molecule has 3 rings (SSSR count). The zero-order valence-electron chi connectivity index (χ0n) is 14.8. The van der Waals surface area contributed by atoms with E-state index in [0.29, 0.717) is 0 Å². The van der Waals surface area contributed by atoms with Crippen LogP contribution in [0.4, 0.5) is 0 Å². The number of hydrogen-bond acceptors (Lipinski definition) is 1. The second-order valence-corrected chi connectivity index (χ2v) is 6.59. The third-order valence-electron chi connectivity index (χ3n) is 3.98. The van der Waals surface area contributed by atoms with Crippen LogP contribution >= 0.6 is 0 Å². The predicted molar refractivity (Wildman–Crippen MR) is 108 cm³/mol. The van der Waals surface area contributed by atoms with E-state index >= 15 is 0 Å². The number of nitrogens with zero attached hydrogens (tertiary/aromatic N) is 1. The zero-order valence-corrected chi connectivity index (χ0v) is 14.8. The molecule has 124 valence electrons. The van der Waals surface area contributed by atoms with Crippen LogP contribution in [0.3, 0.4) is 0 Å². The molecule has 25 heavy (non-hydrogen) atoms. The Bertz CT molecular complexity index is 803. The molecule has 0 saturated carbocycles. The van der Waals surface area contributed by atoms with Gasteiger partial charge in [-0.25, -0.2) is 0 Å². The van der Waals surface area contributed by atoms with Crippen molar-refractivity contribution in [3.8, 4) is 0 Å². The molecule has 0 aromatic heterocycles. The Labute approximate surface area is 150 Å². The van der Waals surface area contributed by atoms with Crippen molar-refractivity contribution in [1.29, 1.82) is 0 Å². The maximum Gasteiger partial charge on any atom is 0.0742 e. The molecule has 3 aromatic carbocycles. The summed E-state index contributed by atoms with van der Waals surface area (Å²) in [6, 6.07) is 31.1. The first kappa shape index (κ1) is 16.9. The minimum Gasteiger partial charge on any atom is -0.274 e. The first-order chi connectivity index (χ1) is 12.1. The molecule has 0 bridgehead atoms. The monoisotopic (exact) mass is 325 g/mol. The average Bonchev–Trinajstić information content (AvgIpc) is 2.67. The lowest BCUT2D eigenvalue weighted by Gasteiger charge is -2.18. The number of hydrogen-bond donors (Lipinski definition) is 0. The fraction of sp³-hybridized carbons (Fsp3) is 0.125. The van der Waals surface area contributed by atoms with Crippen LogP contribution in [0.5, 0.6) is 0 Å². The summed E-state index contributed by atoms with van der Waals surface area (Å²) >= 11 is 0. The van der Waals surface area contributed by atoms with E-state index in [1.807, 2.05) is 18.2 Å². The number of aliphatic imine (C=N–C) groups is 1. The topological polar surface area (TPSA) is 12.4 Å². The fourth-order valence-corrected chi connectivity index (χ4v) is 2.68. The van der Waals surface area contributed by atoms with E-state index in [9.17, 15) is 0 Å². The van der Waals surface area contributed by atoms with Crippen molar-refractivity contribution in [2.24, 2.45) is 4.99 Å². The lowest BCUT2D eigenvalue weighted by atomic mass is 9.98. The minimum absolute atomic E-state index is 0.309. The standard InChI is InChI=1S/C24H23N/c1-24(2,19-18-20-12-6-3-7-13-20)25-23(21-14-8-4-9-15-21)22-16-10-5-11-17-22/h3-19H,1-2H3/b19-18+. The molecule has 0 N–H and O–H groups in total.